The Kier molecular flexibility index (Phi) is 11.1. The molecule has 0 saturated carbocycles. The lowest BCUT2D eigenvalue weighted by atomic mass is 9.97. The Balaban J connectivity index is 1.45. The number of carboxylic acid groups (broad SMARTS) is 3. The number of phenols is 1. The van der Waals surface area contributed by atoms with Crippen LogP contribution >= 0.6 is 0 Å². The van der Waals surface area contributed by atoms with Crippen LogP contribution in [-0.2, 0) is 35.0 Å². The Morgan fingerprint density at radius 3 is 2.10 bits per heavy atom. The summed E-state index contributed by atoms with van der Waals surface area (Å²) in [5.41, 5.74) is 0.190. The van der Waals surface area contributed by atoms with E-state index in [2.05, 4.69) is 4.99 Å². The van der Waals surface area contributed by atoms with Gasteiger partial charge in [-0.2, -0.15) is 0 Å². The summed E-state index contributed by atoms with van der Waals surface area (Å²) in [7, 11) is 0. The third kappa shape index (κ3) is 7.30. The van der Waals surface area contributed by atoms with Gasteiger partial charge in [0, 0.05) is 30.8 Å². The molecule has 2 saturated heterocycles. The molecule has 50 heavy (non-hydrogen) atoms. The van der Waals surface area contributed by atoms with Crippen molar-refractivity contribution in [1.82, 2.24) is 0 Å². The van der Waals surface area contributed by atoms with E-state index in [1.807, 2.05) is 0 Å². The zero-order chi connectivity index (χ0) is 36.6. The number of fused-ring (bicyclic) bond motifs is 1. The number of ether oxygens (including phenoxy) is 4. The van der Waals surface area contributed by atoms with Crippen LogP contribution in [0.5, 0.6) is 11.5 Å². The molecule has 0 aromatic heterocycles. The van der Waals surface area contributed by atoms with Gasteiger partial charge in [-0.15, -0.1) is 0 Å². The van der Waals surface area contributed by atoms with E-state index in [1.54, 1.807) is 0 Å². The number of aliphatic carboxylic acids is 3. The molecule has 4 aliphatic heterocycles. The second kappa shape index (κ2) is 14.9. The Morgan fingerprint density at radius 2 is 1.50 bits per heavy atom. The van der Waals surface area contributed by atoms with Gasteiger partial charge in [-0.1, -0.05) is 0 Å². The zero-order valence-electron chi connectivity index (χ0n) is 25.8. The number of carbonyl (C=O) groups is 3. The fraction of sp³-hybridized carbons (Fsp3) is 0.533. The molecule has 0 bridgehead atoms. The highest BCUT2D eigenvalue weighted by Gasteiger charge is 2.51. The van der Waals surface area contributed by atoms with Crippen LogP contribution < -0.4 is 9.64 Å². The van der Waals surface area contributed by atoms with Crippen molar-refractivity contribution in [2.75, 3.05) is 18.1 Å². The van der Waals surface area contributed by atoms with E-state index in [0.717, 1.165) is 6.08 Å². The van der Waals surface area contributed by atoms with E-state index in [-0.39, 0.29) is 29.9 Å². The maximum absolute atomic E-state index is 12.2. The first kappa shape index (κ1) is 37.0. The lowest BCUT2D eigenvalue weighted by Crippen LogP contribution is -2.65. The molecule has 1 aromatic rings. The number of aliphatic hydroxyl groups is 7. The minimum Gasteiger partial charge on any atom is -0.504 e. The number of carboxylic acids is 3. The third-order valence-corrected chi connectivity index (χ3v) is 8.68. The van der Waals surface area contributed by atoms with Gasteiger partial charge in [0.05, 0.1) is 13.2 Å². The summed E-state index contributed by atoms with van der Waals surface area (Å²) < 4.78 is 22.4. The normalized spacial score (nSPS) is 35.7. The lowest BCUT2D eigenvalue weighted by molar-refractivity contribution is -0.358. The molecular formula is C30H36N2O18. The fourth-order valence-electron chi connectivity index (χ4n) is 5.98. The van der Waals surface area contributed by atoms with Crippen molar-refractivity contribution >= 4 is 29.3 Å². The Hall–Kier alpha value is -4.22. The highest BCUT2D eigenvalue weighted by Crippen LogP contribution is 2.42. The number of aliphatic hydroxyl groups excluding tert-OH is 7. The summed E-state index contributed by atoms with van der Waals surface area (Å²) in [6, 6.07) is -0.243. The monoisotopic (exact) mass is 712 g/mol. The minimum absolute atomic E-state index is 0.123. The minimum atomic E-state index is -1.93. The summed E-state index contributed by atoms with van der Waals surface area (Å²) in [6.45, 7) is -1.63. The van der Waals surface area contributed by atoms with Crippen LogP contribution in [0.2, 0.25) is 0 Å². The van der Waals surface area contributed by atoms with Crippen LogP contribution in [0.4, 0.5) is 5.69 Å². The maximum Gasteiger partial charge on any atom is 0.354 e. The van der Waals surface area contributed by atoms with Crippen molar-refractivity contribution in [3.05, 3.63) is 41.6 Å². The van der Waals surface area contributed by atoms with Gasteiger partial charge in [0.1, 0.15) is 54.5 Å². The van der Waals surface area contributed by atoms with Crippen LogP contribution in [0.1, 0.15) is 12.0 Å². The first-order valence-electron chi connectivity index (χ1n) is 15.2. The second-order valence-corrected chi connectivity index (χ2v) is 11.9. The van der Waals surface area contributed by atoms with E-state index in [0.29, 0.717) is 5.56 Å². The predicted octanol–water partition coefficient (Wildman–Crippen LogP) is -3.97. The average Bonchev–Trinajstić information content (AvgIpc) is 3.43. The number of allylic oxidation sites excluding steroid dienone is 1. The van der Waals surface area contributed by atoms with Crippen molar-refractivity contribution in [3.63, 3.8) is 0 Å². The molecule has 0 amide bonds. The SMILES string of the molecule is O=C(O)C1=N[C@H](C(=O)O)CC(/C=C/N2c3cc(O[C@@H]4O[C@H](CO)[C@@H](O)[C@H](O)[C@H]4O[C@@H]4O[C@H](CO)[C@@H](O)[C@H](O)[C@H]4O)c(O)cc3C[C@H]2C(=O)O)=C1. The number of rotatable bonds is 11. The average molecular weight is 713 g/mol. The van der Waals surface area contributed by atoms with Crippen molar-refractivity contribution in [2.24, 2.45) is 4.99 Å². The Bertz CT molecular complexity index is 1560. The van der Waals surface area contributed by atoms with Gasteiger partial charge in [0.2, 0.25) is 6.29 Å². The molecule has 11 N–H and O–H groups in total. The van der Waals surface area contributed by atoms with Crippen LogP contribution in [0.3, 0.4) is 0 Å². The van der Waals surface area contributed by atoms with E-state index in [4.69, 9.17) is 18.9 Å². The molecule has 20 heteroatoms. The van der Waals surface area contributed by atoms with Gasteiger partial charge in [0.25, 0.3) is 0 Å². The number of aromatic hydroxyl groups is 1. The highest BCUT2D eigenvalue weighted by molar-refractivity contribution is 6.41. The molecule has 4 heterocycles. The number of hydrogen-bond donors (Lipinski definition) is 11. The first-order chi connectivity index (χ1) is 23.6. The van der Waals surface area contributed by atoms with E-state index >= 15 is 0 Å². The van der Waals surface area contributed by atoms with Crippen LogP contribution in [0.15, 0.2) is 41.1 Å². The van der Waals surface area contributed by atoms with Crippen molar-refractivity contribution in [3.8, 4) is 11.5 Å². The Labute approximate surface area is 281 Å². The summed E-state index contributed by atoms with van der Waals surface area (Å²) in [4.78, 5) is 40.2. The predicted molar refractivity (Wildman–Crippen MR) is 161 cm³/mol. The molecule has 0 aliphatic carbocycles. The van der Waals surface area contributed by atoms with Crippen molar-refractivity contribution < 1.29 is 89.5 Å². The fourth-order valence-corrected chi connectivity index (χ4v) is 5.98. The topological polar surface area (TPSA) is 326 Å². The molecule has 4 aliphatic rings. The summed E-state index contributed by atoms with van der Waals surface area (Å²) in [5.74, 6) is -5.04. The molecule has 2 fully saturated rings. The van der Waals surface area contributed by atoms with Gasteiger partial charge < -0.3 is 80.0 Å². The molecule has 5 rings (SSSR count). The number of dihydropyridines is 1. The number of hydrogen-bond acceptors (Lipinski definition) is 17. The van der Waals surface area contributed by atoms with Crippen LogP contribution in [0, 0.1) is 0 Å². The van der Waals surface area contributed by atoms with E-state index < -0.39 is 116 Å². The number of aliphatic imine (C=N–C) groups is 1. The summed E-state index contributed by atoms with van der Waals surface area (Å²) in [5, 5.41) is 111. The third-order valence-electron chi connectivity index (χ3n) is 8.68. The van der Waals surface area contributed by atoms with Gasteiger partial charge in [-0.05, 0) is 29.4 Å². The van der Waals surface area contributed by atoms with Gasteiger partial charge >= 0.3 is 17.9 Å². The lowest BCUT2D eigenvalue weighted by Gasteiger charge is -2.45. The zero-order valence-corrected chi connectivity index (χ0v) is 25.8. The molecule has 20 nitrogen and oxygen atoms in total. The first-order valence-corrected chi connectivity index (χ1v) is 15.2. The van der Waals surface area contributed by atoms with Crippen LogP contribution in [-0.4, -0.2) is 167 Å². The molecule has 1 aromatic carbocycles. The quantitative estimate of drug-likeness (QED) is 0.104. The maximum atomic E-state index is 12.2. The van der Waals surface area contributed by atoms with Crippen molar-refractivity contribution in [2.45, 2.75) is 86.3 Å². The number of phenolic OH excluding ortho intramolecular Hbond substituents is 1. The number of anilines is 1. The summed E-state index contributed by atoms with van der Waals surface area (Å²) in [6.07, 6.45) is -14.1. The largest absolute Gasteiger partial charge is 0.504 e. The molecule has 0 unspecified atom stereocenters. The molecule has 0 spiro atoms. The second-order valence-electron chi connectivity index (χ2n) is 11.9. The molecule has 274 valence electrons. The Morgan fingerprint density at radius 1 is 0.860 bits per heavy atom. The van der Waals surface area contributed by atoms with Crippen molar-refractivity contribution in [1.29, 1.82) is 0 Å². The molecule has 12 atom stereocenters. The van der Waals surface area contributed by atoms with Gasteiger partial charge in [-0.3, -0.25) is 4.99 Å². The molecular weight excluding hydrogens is 676 g/mol. The van der Waals surface area contributed by atoms with E-state index in [1.165, 1.54) is 29.3 Å². The molecule has 0 radical (unpaired) electrons. The standard InChI is InChI=1S/C30H36N2O18/c33-8-18-20(36)22(38)24(40)29(48-18)50-25-23(39)21(37)19(9-34)49-30(25)47-17-7-14-11(6-16(17)35)5-15(28(45)46)32(14)2-1-10-3-12(26(41)42)31-13(4-10)27(43)44/h1-3,6-7,13,15,18-25,29-30,33-40H,4-5,8-9H2,(H,41,42)(H,43,44)(H,45,46)/b2-1+/t13-,15-,18+,19+,20+,21+,22-,23-,24+,25+,29-,30+/m0/s1. The van der Waals surface area contributed by atoms with Gasteiger partial charge in [0.15, 0.2) is 29.9 Å². The highest BCUT2D eigenvalue weighted by atomic mass is 16.8. The number of benzene rings is 1. The van der Waals surface area contributed by atoms with Crippen LogP contribution in [0.25, 0.3) is 0 Å². The number of nitrogens with zero attached hydrogens (tertiary/aromatic N) is 2. The van der Waals surface area contributed by atoms with Gasteiger partial charge in [-0.25, -0.2) is 14.4 Å². The van der Waals surface area contributed by atoms with E-state index in [9.17, 15) is 70.6 Å². The summed E-state index contributed by atoms with van der Waals surface area (Å²) >= 11 is 0. The smallest absolute Gasteiger partial charge is 0.354 e.